The van der Waals surface area contributed by atoms with Gasteiger partial charge in [0.25, 0.3) is 0 Å². The third-order valence-corrected chi connectivity index (χ3v) is 5.75. The number of nitrogens with zero attached hydrogens (tertiary/aromatic N) is 4. The zero-order valence-corrected chi connectivity index (χ0v) is 17.0. The molecule has 2 aliphatic heterocycles. The van der Waals surface area contributed by atoms with Crippen LogP contribution in [0.4, 0.5) is 0 Å². The van der Waals surface area contributed by atoms with Crippen LogP contribution in [0.3, 0.4) is 0 Å². The molecule has 0 radical (unpaired) electrons. The normalized spacial score (nSPS) is 22.1. The average Bonchev–Trinajstić information content (AvgIpc) is 3.34. The molecular weight excluding hydrogens is 350 g/mol. The Hall–Kier alpha value is -2.50. The molecule has 2 aromatic rings. The van der Waals surface area contributed by atoms with E-state index in [0.717, 1.165) is 57.3 Å². The predicted octanol–water partition coefficient (Wildman–Crippen LogP) is 2.82. The van der Waals surface area contributed by atoms with Crippen LogP contribution in [-0.4, -0.2) is 53.4 Å². The molecule has 2 aliphatic rings. The fraction of sp³-hybridized carbons (Fsp3) is 0.545. The molecule has 0 amide bonds. The second kappa shape index (κ2) is 8.67. The Morgan fingerprint density at radius 2 is 2.21 bits per heavy atom. The number of para-hydroxylation sites is 1. The van der Waals surface area contributed by atoms with Crippen molar-refractivity contribution in [2.45, 2.75) is 32.1 Å². The number of ether oxygens (including phenoxy) is 1. The molecule has 2 atom stereocenters. The second-order valence-electron chi connectivity index (χ2n) is 7.89. The first-order chi connectivity index (χ1) is 13.7. The summed E-state index contributed by atoms with van der Waals surface area (Å²) in [5, 5.41) is 7.80. The quantitative estimate of drug-likeness (QED) is 0.639. The van der Waals surface area contributed by atoms with Crippen LogP contribution in [0, 0.1) is 5.92 Å². The molecule has 1 fully saturated rings. The van der Waals surface area contributed by atoms with Gasteiger partial charge in [0, 0.05) is 45.3 Å². The first-order valence-corrected chi connectivity index (χ1v) is 10.5. The van der Waals surface area contributed by atoms with E-state index in [1.165, 1.54) is 17.5 Å². The molecular formula is C22H31N5O. The van der Waals surface area contributed by atoms with Crippen LogP contribution in [0.15, 0.2) is 41.7 Å². The Bertz CT molecular complexity index is 815. The van der Waals surface area contributed by atoms with Crippen LogP contribution >= 0.6 is 0 Å². The average molecular weight is 382 g/mol. The van der Waals surface area contributed by atoms with Crippen LogP contribution in [0.5, 0.6) is 5.75 Å². The Labute approximate surface area is 167 Å². The van der Waals surface area contributed by atoms with Gasteiger partial charge in [0.1, 0.15) is 5.75 Å². The van der Waals surface area contributed by atoms with Gasteiger partial charge in [-0.15, -0.1) is 0 Å². The summed E-state index contributed by atoms with van der Waals surface area (Å²) in [5.74, 6) is 3.18. The van der Waals surface area contributed by atoms with Crippen LogP contribution in [-0.2, 0) is 13.5 Å². The van der Waals surface area contributed by atoms with Gasteiger partial charge in [-0.2, -0.15) is 5.10 Å². The minimum Gasteiger partial charge on any atom is -0.493 e. The van der Waals surface area contributed by atoms with Gasteiger partial charge in [-0.3, -0.25) is 9.67 Å². The number of benzene rings is 1. The van der Waals surface area contributed by atoms with Crippen molar-refractivity contribution in [3.8, 4) is 5.75 Å². The van der Waals surface area contributed by atoms with E-state index in [1.54, 1.807) is 0 Å². The van der Waals surface area contributed by atoms with Gasteiger partial charge in [0.05, 0.1) is 12.8 Å². The van der Waals surface area contributed by atoms with Crippen molar-refractivity contribution in [3.05, 3.63) is 47.8 Å². The molecule has 1 N–H and O–H groups in total. The summed E-state index contributed by atoms with van der Waals surface area (Å²) in [5.41, 5.74) is 2.62. The highest BCUT2D eigenvalue weighted by Crippen LogP contribution is 2.33. The smallest absolute Gasteiger partial charge is 0.193 e. The third-order valence-electron chi connectivity index (χ3n) is 5.75. The third kappa shape index (κ3) is 4.32. The number of aryl methyl sites for hydroxylation is 1. The molecule has 150 valence electrons. The lowest BCUT2D eigenvalue weighted by Gasteiger charge is -2.26. The highest BCUT2D eigenvalue weighted by molar-refractivity contribution is 5.80. The molecule has 0 aliphatic carbocycles. The molecule has 1 saturated heterocycles. The summed E-state index contributed by atoms with van der Waals surface area (Å²) in [4.78, 5) is 7.45. The molecule has 3 heterocycles. The van der Waals surface area contributed by atoms with Crippen molar-refractivity contribution in [3.63, 3.8) is 0 Å². The standard InChI is InChI=1S/C22H31N5O/c1-3-23-22(24-14-19-9-11-28-21-7-5-4-6-20(19)21)27-10-8-17(16-27)12-18-13-25-26(2)15-18/h4-7,13,15,17,19H,3,8-12,14,16H2,1-2H3,(H,23,24). The monoisotopic (exact) mass is 381 g/mol. The fourth-order valence-electron chi connectivity index (χ4n) is 4.33. The summed E-state index contributed by atoms with van der Waals surface area (Å²) < 4.78 is 7.69. The molecule has 0 saturated carbocycles. The molecule has 0 bridgehead atoms. The lowest BCUT2D eigenvalue weighted by molar-refractivity contribution is 0.268. The van der Waals surface area contributed by atoms with Crippen molar-refractivity contribution >= 4 is 5.96 Å². The molecule has 6 nitrogen and oxygen atoms in total. The van der Waals surface area contributed by atoms with Crippen LogP contribution in [0.25, 0.3) is 0 Å². The van der Waals surface area contributed by atoms with E-state index in [9.17, 15) is 0 Å². The first kappa shape index (κ1) is 18.8. The maximum absolute atomic E-state index is 5.80. The maximum atomic E-state index is 5.80. The van der Waals surface area contributed by atoms with Crippen molar-refractivity contribution in [2.75, 3.05) is 32.8 Å². The first-order valence-electron chi connectivity index (χ1n) is 10.5. The Morgan fingerprint density at radius 3 is 3.04 bits per heavy atom. The zero-order chi connectivity index (χ0) is 19.3. The minimum atomic E-state index is 0.437. The summed E-state index contributed by atoms with van der Waals surface area (Å²) in [7, 11) is 1.98. The minimum absolute atomic E-state index is 0.437. The number of aliphatic imine (C=N–C) groups is 1. The van der Waals surface area contributed by atoms with Crippen molar-refractivity contribution < 1.29 is 4.74 Å². The van der Waals surface area contributed by atoms with Crippen LogP contribution in [0.2, 0.25) is 0 Å². The van der Waals surface area contributed by atoms with Crippen LogP contribution in [0.1, 0.15) is 36.8 Å². The number of fused-ring (bicyclic) bond motifs is 1. The summed E-state index contributed by atoms with van der Waals surface area (Å²) >= 11 is 0. The number of guanidine groups is 1. The fourth-order valence-corrected chi connectivity index (χ4v) is 4.33. The number of rotatable bonds is 5. The number of nitrogens with one attached hydrogen (secondary N) is 1. The van der Waals surface area contributed by atoms with Gasteiger partial charge >= 0.3 is 0 Å². The molecule has 1 aromatic heterocycles. The van der Waals surface area contributed by atoms with E-state index in [0.29, 0.717) is 11.8 Å². The van der Waals surface area contributed by atoms with Gasteiger partial charge in [0.15, 0.2) is 5.96 Å². The van der Waals surface area contributed by atoms with Crippen molar-refractivity contribution in [1.29, 1.82) is 0 Å². The number of aromatic nitrogens is 2. The maximum Gasteiger partial charge on any atom is 0.193 e. The van der Waals surface area contributed by atoms with Crippen LogP contribution < -0.4 is 10.1 Å². The molecule has 4 rings (SSSR count). The molecule has 28 heavy (non-hydrogen) atoms. The largest absolute Gasteiger partial charge is 0.493 e. The number of hydrogen-bond donors (Lipinski definition) is 1. The highest BCUT2D eigenvalue weighted by atomic mass is 16.5. The van der Waals surface area contributed by atoms with Gasteiger partial charge in [0.2, 0.25) is 0 Å². The van der Waals surface area contributed by atoms with E-state index in [4.69, 9.17) is 9.73 Å². The summed E-state index contributed by atoms with van der Waals surface area (Å²) in [6, 6.07) is 8.39. The highest BCUT2D eigenvalue weighted by Gasteiger charge is 2.26. The Balaban J connectivity index is 1.40. The van der Waals surface area contributed by atoms with Crippen molar-refractivity contribution in [1.82, 2.24) is 20.0 Å². The number of hydrogen-bond acceptors (Lipinski definition) is 3. The topological polar surface area (TPSA) is 54.7 Å². The summed E-state index contributed by atoms with van der Waals surface area (Å²) in [6.07, 6.45) is 7.45. The SMILES string of the molecule is CCNC(=NCC1CCOc2ccccc21)N1CCC(Cc2cnn(C)c2)C1. The zero-order valence-electron chi connectivity index (χ0n) is 17.0. The van der Waals surface area contributed by atoms with Gasteiger partial charge in [-0.25, -0.2) is 0 Å². The van der Waals surface area contributed by atoms with E-state index in [-0.39, 0.29) is 0 Å². The molecule has 1 aromatic carbocycles. The molecule has 0 spiro atoms. The van der Waals surface area contributed by atoms with E-state index in [2.05, 4.69) is 46.6 Å². The predicted molar refractivity (Wildman–Crippen MR) is 112 cm³/mol. The van der Waals surface area contributed by atoms with Crippen molar-refractivity contribution in [2.24, 2.45) is 18.0 Å². The van der Waals surface area contributed by atoms with Gasteiger partial charge < -0.3 is 15.0 Å². The van der Waals surface area contributed by atoms with E-state index < -0.39 is 0 Å². The van der Waals surface area contributed by atoms with Gasteiger partial charge in [-0.05, 0) is 49.3 Å². The molecule has 6 heteroatoms. The van der Waals surface area contributed by atoms with Gasteiger partial charge in [-0.1, -0.05) is 18.2 Å². The lowest BCUT2D eigenvalue weighted by Crippen LogP contribution is -2.40. The summed E-state index contributed by atoms with van der Waals surface area (Å²) in [6.45, 7) is 6.76. The Morgan fingerprint density at radius 1 is 1.32 bits per heavy atom. The molecule has 2 unspecified atom stereocenters. The second-order valence-corrected chi connectivity index (χ2v) is 7.89. The Kier molecular flexibility index (Phi) is 5.84. The lowest BCUT2D eigenvalue weighted by atomic mass is 9.93. The number of likely N-dealkylation sites (tertiary alicyclic amines) is 1. The van der Waals surface area contributed by atoms with E-state index in [1.807, 2.05) is 24.0 Å². The van der Waals surface area contributed by atoms with E-state index >= 15 is 0 Å².